The molecule has 3 aromatic rings. The predicted octanol–water partition coefficient (Wildman–Crippen LogP) is 4.32. The van der Waals surface area contributed by atoms with Gasteiger partial charge in [-0.3, -0.25) is 9.80 Å². The van der Waals surface area contributed by atoms with Gasteiger partial charge in [0, 0.05) is 50.5 Å². The van der Waals surface area contributed by atoms with Crippen LogP contribution in [0.1, 0.15) is 28.1 Å². The minimum atomic E-state index is 0.923. The van der Waals surface area contributed by atoms with Crippen molar-refractivity contribution in [2.75, 3.05) is 26.2 Å². The molecule has 0 bridgehead atoms. The largest absolute Gasteiger partial charge is 0.342 e. The summed E-state index contributed by atoms with van der Waals surface area (Å²) in [5, 5.41) is 0. The number of nitrogens with zero attached hydrogens (tertiary/aromatic N) is 3. The van der Waals surface area contributed by atoms with E-state index in [2.05, 4.69) is 84.1 Å². The van der Waals surface area contributed by atoms with Crippen LogP contribution in [-0.4, -0.2) is 45.9 Å². The molecule has 1 saturated heterocycles. The number of piperazine rings is 1. The van der Waals surface area contributed by atoms with Crippen molar-refractivity contribution in [2.45, 2.75) is 33.9 Å². The standard InChI is InChI=1S/C24H30N4/c1-18-7-9-22(10-8-18)24-25-20(3)23(26-24)17-28-13-11-27(12-14-28)16-21-6-4-5-19(2)15-21/h4-10,15H,11-14,16-17H2,1-3H3,(H,25,26). The maximum atomic E-state index is 4.89. The van der Waals surface area contributed by atoms with Crippen molar-refractivity contribution >= 4 is 0 Å². The van der Waals surface area contributed by atoms with Crippen LogP contribution in [0.5, 0.6) is 0 Å². The Labute approximate surface area is 168 Å². The minimum Gasteiger partial charge on any atom is -0.342 e. The number of benzene rings is 2. The molecule has 4 heteroatoms. The van der Waals surface area contributed by atoms with Gasteiger partial charge < -0.3 is 4.98 Å². The summed E-state index contributed by atoms with van der Waals surface area (Å²) in [5.41, 5.74) is 7.54. The van der Waals surface area contributed by atoms with Crippen LogP contribution in [0.3, 0.4) is 0 Å². The number of nitrogens with one attached hydrogen (secondary N) is 1. The molecule has 0 aliphatic carbocycles. The van der Waals surface area contributed by atoms with Gasteiger partial charge in [0.15, 0.2) is 0 Å². The molecule has 0 spiro atoms. The van der Waals surface area contributed by atoms with Gasteiger partial charge in [0.1, 0.15) is 5.82 Å². The van der Waals surface area contributed by atoms with Crippen LogP contribution < -0.4 is 0 Å². The van der Waals surface area contributed by atoms with Gasteiger partial charge in [-0.2, -0.15) is 0 Å². The number of aryl methyl sites for hydroxylation is 3. The number of rotatable bonds is 5. The molecule has 28 heavy (non-hydrogen) atoms. The van der Waals surface area contributed by atoms with Gasteiger partial charge in [-0.25, -0.2) is 4.98 Å². The fourth-order valence-corrected chi connectivity index (χ4v) is 3.88. The molecule has 4 nitrogen and oxygen atoms in total. The molecule has 1 aliphatic heterocycles. The Balaban J connectivity index is 1.34. The SMILES string of the molecule is Cc1ccc(-c2nc(CN3CCN(Cc4cccc(C)c4)CC3)c(C)[nH]2)cc1. The summed E-state index contributed by atoms with van der Waals surface area (Å²) < 4.78 is 0. The van der Waals surface area contributed by atoms with Crippen LogP contribution in [0.15, 0.2) is 48.5 Å². The second kappa shape index (κ2) is 8.29. The van der Waals surface area contributed by atoms with Crippen molar-refractivity contribution in [2.24, 2.45) is 0 Å². The Bertz CT molecular complexity index is 918. The summed E-state index contributed by atoms with van der Waals surface area (Å²) in [7, 11) is 0. The number of aromatic nitrogens is 2. The van der Waals surface area contributed by atoms with Crippen molar-refractivity contribution in [3.63, 3.8) is 0 Å². The Morgan fingerprint density at radius 2 is 1.50 bits per heavy atom. The second-order valence-corrected chi connectivity index (χ2v) is 8.06. The first-order valence-corrected chi connectivity index (χ1v) is 10.2. The van der Waals surface area contributed by atoms with Gasteiger partial charge >= 0.3 is 0 Å². The van der Waals surface area contributed by atoms with E-state index in [9.17, 15) is 0 Å². The van der Waals surface area contributed by atoms with Crippen molar-refractivity contribution in [1.29, 1.82) is 0 Å². The highest BCUT2D eigenvalue weighted by Crippen LogP contribution is 2.20. The molecule has 1 N–H and O–H groups in total. The van der Waals surface area contributed by atoms with Gasteiger partial charge in [-0.05, 0) is 26.3 Å². The Morgan fingerprint density at radius 1 is 0.821 bits per heavy atom. The highest BCUT2D eigenvalue weighted by molar-refractivity contribution is 5.56. The van der Waals surface area contributed by atoms with E-state index in [4.69, 9.17) is 4.98 Å². The fraction of sp³-hybridized carbons (Fsp3) is 0.375. The summed E-state index contributed by atoms with van der Waals surface area (Å²) in [5.74, 6) is 0.977. The van der Waals surface area contributed by atoms with Crippen LogP contribution in [0.2, 0.25) is 0 Å². The van der Waals surface area contributed by atoms with Gasteiger partial charge in [-0.15, -0.1) is 0 Å². The molecular weight excluding hydrogens is 344 g/mol. The van der Waals surface area contributed by atoms with Crippen LogP contribution in [-0.2, 0) is 13.1 Å². The lowest BCUT2D eigenvalue weighted by atomic mass is 10.1. The minimum absolute atomic E-state index is 0.923. The zero-order chi connectivity index (χ0) is 19.5. The third-order valence-electron chi connectivity index (χ3n) is 5.64. The van der Waals surface area contributed by atoms with E-state index in [1.165, 1.54) is 28.1 Å². The van der Waals surface area contributed by atoms with Crippen LogP contribution >= 0.6 is 0 Å². The first kappa shape index (κ1) is 18.9. The second-order valence-electron chi connectivity index (χ2n) is 8.06. The molecule has 0 unspecified atom stereocenters. The van der Waals surface area contributed by atoms with E-state index in [1.807, 2.05) is 0 Å². The maximum Gasteiger partial charge on any atom is 0.137 e. The smallest absolute Gasteiger partial charge is 0.137 e. The third-order valence-corrected chi connectivity index (χ3v) is 5.64. The molecule has 0 saturated carbocycles. The number of aromatic amines is 1. The highest BCUT2D eigenvalue weighted by Gasteiger charge is 2.19. The number of imidazole rings is 1. The Hall–Kier alpha value is -2.43. The molecular formula is C24H30N4. The van der Waals surface area contributed by atoms with E-state index in [1.54, 1.807) is 0 Å². The molecule has 1 aliphatic rings. The third kappa shape index (κ3) is 4.51. The molecule has 1 aromatic heterocycles. The average Bonchev–Trinajstić information content (AvgIpc) is 3.04. The van der Waals surface area contributed by atoms with Crippen molar-refractivity contribution in [3.05, 3.63) is 76.6 Å². The summed E-state index contributed by atoms with van der Waals surface area (Å²) in [6.07, 6.45) is 0. The summed E-state index contributed by atoms with van der Waals surface area (Å²) in [4.78, 5) is 13.4. The van der Waals surface area contributed by atoms with E-state index < -0.39 is 0 Å². The van der Waals surface area contributed by atoms with Crippen molar-refractivity contribution in [3.8, 4) is 11.4 Å². The highest BCUT2D eigenvalue weighted by atomic mass is 15.3. The van der Waals surface area contributed by atoms with E-state index in [-0.39, 0.29) is 0 Å². The fourth-order valence-electron chi connectivity index (χ4n) is 3.88. The molecule has 2 aromatic carbocycles. The molecule has 0 radical (unpaired) electrons. The average molecular weight is 375 g/mol. The molecule has 146 valence electrons. The van der Waals surface area contributed by atoms with E-state index >= 15 is 0 Å². The van der Waals surface area contributed by atoms with Gasteiger partial charge in [0.2, 0.25) is 0 Å². The molecule has 4 rings (SSSR count). The quantitative estimate of drug-likeness (QED) is 0.722. The van der Waals surface area contributed by atoms with Crippen LogP contribution in [0.25, 0.3) is 11.4 Å². The Kier molecular flexibility index (Phi) is 5.60. The van der Waals surface area contributed by atoms with E-state index in [0.29, 0.717) is 0 Å². The normalized spacial score (nSPS) is 15.8. The van der Waals surface area contributed by atoms with Crippen molar-refractivity contribution in [1.82, 2.24) is 19.8 Å². The monoisotopic (exact) mass is 374 g/mol. The Morgan fingerprint density at radius 3 is 2.18 bits per heavy atom. The lowest BCUT2D eigenvalue weighted by Crippen LogP contribution is -2.45. The molecule has 0 amide bonds. The number of hydrogen-bond acceptors (Lipinski definition) is 3. The lowest BCUT2D eigenvalue weighted by Gasteiger charge is -2.34. The maximum absolute atomic E-state index is 4.89. The van der Waals surface area contributed by atoms with Gasteiger partial charge in [0.25, 0.3) is 0 Å². The first-order valence-electron chi connectivity index (χ1n) is 10.2. The topological polar surface area (TPSA) is 35.2 Å². The molecule has 2 heterocycles. The predicted molar refractivity (Wildman–Crippen MR) is 115 cm³/mol. The lowest BCUT2D eigenvalue weighted by molar-refractivity contribution is 0.121. The van der Waals surface area contributed by atoms with Crippen LogP contribution in [0, 0.1) is 20.8 Å². The summed E-state index contributed by atoms with van der Waals surface area (Å²) in [6, 6.07) is 17.4. The van der Waals surface area contributed by atoms with Crippen LogP contribution in [0.4, 0.5) is 0 Å². The molecule has 0 atom stereocenters. The van der Waals surface area contributed by atoms with Gasteiger partial charge in [-0.1, -0.05) is 59.7 Å². The van der Waals surface area contributed by atoms with Gasteiger partial charge in [0.05, 0.1) is 5.69 Å². The zero-order valence-corrected chi connectivity index (χ0v) is 17.2. The number of H-pyrrole nitrogens is 1. The summed E-state index contributed by atoms with van der Waals surface area (Å²) >= 11 is 0. The first-order chi connectivity index (χ1) is 13.6. The number of hydrogen-bond donors (Lipinski definition) is 1. The zero-order valence-electron chi connectivity index (χ0n) is 17.2. The summed E-state index contributed by atoms with van der Waals surface area (Å²) in [6.45, 7) is 12.8. The van der Waals surface area contributed by atoms with E-state index in [0.717, 1.165) is 50.7 Å². The van der Waals surface area contributed by atoms with Crippen molar-refractivity contribution < 1.29 is 0 Å². The molecule has 1 fully saturated rings.